The second-order valence-corrected chi connectivity index (χ2v) is 7.38. The van der Waals surface area contributed by atoms with Crippen molar-refractivity contribution in [2.75, 3.05) is 17.7 Å². The van der Waals surface area contributed by atoms with E-state index in [9.17, 15) is 24.3 Å². The number of H-pyrrole nitrogens is 1. The largest absolute Gasteiger partial charge is 0.477 e. The van der Waals surface area contributed by atoms with Crippen LogP contribution in [0.5, 0.6) is 0 Å². The number of carboxylic acid groups (broad SMARTS) is 1. The molecule has 1 unspecified atom stereocenters. The topological polar surface area (TPSA) is 168 Å². The van der Waals surface area contributed by atoms with Gasteiger partial charge in [-0.2, -0.15) is 0 Å². The van der Waals surface area contributed by atoms with E-state index in [-0.39, 0.29) is 18.7 Å². The quantitative estimate of drug-likeness (QED) is 0.324. The summed E-state index contributed by atoms with van der Waals surface area (Å²) in [7, 11) is 0. The highest BCUT2D eigenvalue weighted by atomic mass is 32.2. The molecule has 28 heavy (non-hydrogen) atoms. The van der Waals surface area contributed by atoms with E-state index in [1.807, 2.05) is 0 Å². The number of imidazole rings is 1. The summed E-state index contributed by atoms with van der Waals surface area (Å²) in [6, 6.07) is -0.648. The molecule has 1 fully saturated rings. The van der Waals surface area contributed by atoms with Gasteiger partial charge in [0.15, 0.2) is 0 Å². The Morgan fingerprint density at radius 3 is 2.89 bits per heavy atom. The minimum atomic E-state index is -1.24. The van der Waals surface area contributed by atoms with Gasteiger partial charge in [-0.3, -0.25) is 19.3 Å². The van der Waals surface area contributed by atoms with Crippen LogP contribution < -0.4 is 11.1 Å². The van der Waals surface area contributed by atoms with Crippen LogP contribution in [-0.2, 0) is 30.3 Å². The summed E-state index contributed by atoms with van der Waals surface area (Å²) < 4.78 is 4.89. The van der Waals surface area contributed by atoms with Gasteiger partial charge in [0.25, 0.3) is 5.91 Å². The van der Waals surface area contributed by atoms with Crippen LogP contribution in [0.4, 0.5) is 5.95 Å². The SMILES string of the molecule is CC(=O)OCC1=C(C(=O)O)N2C(=O)C(Nc3nc(CCC(N)=O)c[nH]3)[C@@H]2SC1. The minimum Gasteiger partial charge on any atom is -0.477 e. The van der Waals surface area contributed by atoms with Gasteiger partial charge in [0.05, 0.1) is 5.69 Å². The molecule has 5 N–H and O–H groups in total. The number of anilines is 1. The number of primary amides is 1. The Balaban J connectivity index is 1.69. The molecule has 1 saturated heterocycles. The van der Waals surface area contributed by atoms with Crippen LogP contribution in [0.25, 0.3) is 0 Å². The van der Waals surface area contributed by atoms with E-state index in [2.05, 4.69) is 15.3 Å². The number of esters is 1. The monoisotopic (exact) mass is 409 g/mol. The van der Waals surface area contributed by atoms with E-state index in [4.69, 9.17) is 10.5 Å². The first-order valence-corrected chi connectivity index (χ1v) is 9.45. The number of nitrogens with two attached hydrogens (primary N) is 1. The lowest BCUT2D eigenvalue weighted by molar-refractivity contribution is -0.147. The molecule has 0 radical (unpaired) electrons. The number of fused-ring (bicyclic) bond motifs is 1. The third-order valence-electron chi connectivity index (χ3n) is 4.25. The second kappa shape index (κ2) is 7.92. The molecule has 0 aromatic carbocycles. The maximum absolute atomic E-state index is 12.6. The molecule has 150 valence electrons. The van der Waals surface area contributed by atoms with Gasteiger partial charge in [0.1, 0.15) is 23.7 Å². The van der Waals surface area contributed by atoms with Crippen molar-refractivity contribution in [1.29, 1.82) is 0 Å². The number of hydrogen-bond acceptors (Lipinski definition) is 8. The van der Waals surface area contributed by atoms with Crippen molar-refractivity contribution in [3.8, 4) is 0 Å². The number of ether oxygens (including phenoxy) is 1. The number of carbonyl (C=O) groups is 4. The summed E-state index contributed by atoms with van der Waals surface area (Å²) in [4.78, 5) is 54.4. The highest BCUT2D eigenvalue weighted by Gasteiger charge is 2.54. The fourth-order valence-electron chi connectivity index (χ4n) is 2.94. The maximum atomic E-state index is 12.6. The summed E-state index contributed by atoms with van der Waals surface area (Å²) in [6.45, 7) is 1.07. The molecule has 2 amide bonds. The van der Waals surface area contributed by atoms with Gasteiger partial charge in [-0.1, -0.05) is 0 Å². The molecular formula is C16H19N5O6S. The highest BCUT2D eigenvalue weighted by Crippen LogP contribution is 2.41. The summed E-state index contributed by atoms with van der Waals surface area (Å²) in [5.74, 6) is -1.94. The van der Waals surface area contributed by atoms with Crippen molar-refractivity contribution in [2.24, 2.45) is 5.73 Å². The fourth-order valence-corrected chi connectivity index (χ4v) is 4.27. The van der Waals surface area contributed by atoms with Gasteiger partial charge in [-0.25, -0.2) is 9.78 Å². The first kappa shape index (κ1) is 19.7. The molecule has 0 bridgehead atoms. The molecule has 1 aromatic heterocycles. The number of hydrogen-bond donors (Lipinski definition) is 4. The summed E-state index contributed by atoms with van der Waals surface area (Å²) in [5, 5.41) is 12.1. The molecule has 2 aliphatic rings. The normalized spacial score (nSPS) is 21.0. The van der Waals surface area contributed by atoms with E-state index < -0.39 is 35.2 Å². The molecule has 12 heteroatoms. The van der Waals surface area contributed by atoms with Crippen LogP contribution in [0.3, 0.4) is 0 Å². The lowest BCUT2D eigenvalue weighted by atomic mass is 10.0. The van der Waals surface area contributed by atoms with Crippen molar-refractivity contribution in [3.05, 3.63) is 23.2 Å². The van der Waals surface area contributed by atoms with Gasteiger partial charge in [-0.05, 0) is 6.42 Å². The van der Waals surface area contributed by atoms with Crippen LogP contribution in [0, 0.1) is 0 Å². The number of thioether (sulfide) groups is 1. The average molecular weight is 409 g/mol. The predicted octanol–water partition coefficient (Wildman–Crippen LogP) is -0.575. The third-order valence-corrected chi connectivity index (χ3v) is 5.59. The van der Waals surface area contributed by atoms with E-state index >= 15 is 0 Å². The fraction of sp³-hybridized carbons (Fsp3) is 0.438. The van der Waals surface area contributed by atoms with Crippen LogP contribution in [0.15, 0.2) is 17.5 Å². The van der Waals surface area contributed by atoms with Crippen molar-refractivity contribution in [1.82, 2.24) is 14.9 Å². The van der Waals surface area contributed by atoms with Crippen molar-refractivity contribution >= 4 is 41.5 Å². The molecule has 11 nitrogen and oxygen atoms in total. The maximum Gasteiger partial charge on any atom is 0.352 e. The number of rotatable bonds is 8. The van der Waals surface area contributed by atoms with Gasteiger partial charge >= 0.3 is 11.9 Å². The summed E-state index contributed by atoms with van der Waals surface area (Å²) >= 11 is 1.37. The van der Waals surface area contributed by atoms with Crippen LogP contribution >= 0.6 is 11.8 Å². The lowest BCUT2D eigenvalue weighted by Crippen LogP contribution is -2.67. The van der Waals surface area contributed by atoms with Gasteiger partial charge in [-0.15, -0.1) is 11.8 Å². The van der Waals surface area contributed by atoms with E-state index in [1.165, 1.54) is 23.6 Å². The number of aromatic amines is 1. The Kier molecular flexibility index (Phi) is 5.58. The zero-order chi connectivity index (χ0) is 20.4. The zero-order valence-corrected chi connectivity index (χ0v) is 15.7. The molecule has 0 aliphatic carbocycles. The van der Waals surface area contributed by atoms with E-state index in [0.717, 1.165) is 0 Å². The van der Waals surface area contributed by atoms with E-state index in [1.54, 1.807) is 6.20 Å². The molecular weight excluding hydrogens is 390 g/mol. The van der Waals surface area contributed by atoms with Crippen molar-refractivity contribution in [2.45, 2.75) is 31.2 Å². The lowest BCUT2D eigenvalue weighted by Gasteiger charge is -2.49. The smallest absolute Gasteiger partial charge is 0.352 e. The molecule has 3 heterocycles. The van der Waals surface area contributed by atoms with E-state index in [0.29, 0.717) is 29.4 Å². The number of carbonyl (C=O) groups excluding carboxylic acids is 3. The Bertz CT molecular complexity index is 865. The van der Waals surface area contributed by atoms with Gasteiger partial charge in [0, 0.05) is 30.9 Å². The number of nitrogens with zero attached hydrogens (tertiary/aromatic N) is 2. The molecule has 3 rings (SSSR count). The Morgan fingerprint density at radius 1 is 1.50 bits per heavy atom. The Hall–Kier alpha value is -3.02. The third kappa shape index (κ3) is 3.96. The standard InChI is InChI=1S/C16H19N5O6S/c1-7(22)27-5-8-6-28-14-11(13(24)21(14)12(8)15(25)26)20-16-18-4-9(19-16)2-3-10(17)23/h4,11,14H,2-3,5-6H2,1H3,(H2,17,23)(H,25,26)(H2,18,19,20)/t11?,14-/m0/s1. The summed E-state index contributed by atoms with van der Waals surface area (Å²) in [5.41, 5.74) is 5.97. The number of aryl methyl sites for hydroxylation is 1. The zero-order valence-electron chi connectivity index (χ0n) is 14.9. The van der Waals surface area contributed by atoms with Crippen molar-refractivity contribution < 1.29 is 29.0 Å². The number of amides is 2. The first-order valence-electron chi connectivity index (χ1n) is 8.40. The minimum absolute atomic E-state index is 0.144. The molecule has 0 spiro atoms. The van der Waals surface area contributed by atoms with Gasteiger partial charge < -0.3 is 25.9 Å². The van der Waals surface area contributed by atoms with Gasteiger partial charge in [0.2, 0.25) is 11.9 Å². The number of aromatic nitrogens is 2. The first-order chi connectivity index (χ1) is 13.3. The Morgan fingerprint density at radius 2 is 2.25 bits per heavy atom. The number of nitrogens with one attached hydrogen (secondary N) is 2. The molecule has 2 atom stereocenters. The Labute approximate surface area is 163 Å². The highest BCUT2D eigenvalue weighted by molar-refractivity contribution is 8.00. The number of β-lactam (4-membered cyclic amide) rings is 1. The van der Waals surface area contributed by atoms with Crippen molar-refractivity contribution in [3.63, 3.8) is 0 Å². The molecule has 0 saturated carbocycles. The van der Waals surface area contributed by atoms with Crippen LogP contribution in [0.1, 0.15) is 19.0 Å². The number of aliphatic carboxylic acids is 1. The summed E-state index contributed by atoms with van der Waals surface area (Å²) in [6.07, 6.45) is 2.15. The molecule has 2 aliphatic heterocycles. The number of carboxylic acids is 1. The average Bonchev–Trinajstić information content (AvgIpc) is 3.09. The van der Waals surface area contributed by atoms with Crippen LogP contribution in [0.2, 0.25) is 0 Å². The molecule has 1 aromatic rings. The van der Waals surface area contributed by atoms with Crippen LogP contribution in [-0.4, -0.2) is 67.5 Å². The second-order valence-electron chi connectivity index (χ2n) is 6.28. The predicted molar refractivity (Wildman–Crippen MR) is 97.9 cm³/mol.